The van der Waals surface area contributed by atoms with Crippen LogP contribution in [0.2, 0.25) is 0 Å². The van der Waals surface area contributed by atoms with Crippen molar-refractivity contribution >= 4 is 41.5 Å². The molecule has 2 unspecified atom stereocenters. The molecule has 1 aliphatic rings. The fourth-order valence-corrected chi connectivity index (χ4v) is 2.89. The summed E-state index contributed by atoms with van der Waals surface area (Å²) in [6.45, 7) is 2.74. The minimum atomic E-state index is -0.340. The van der Waals surface area contributed by atoms with E-state index in [1.165, 1.54) is 0 Å². The number of hydrogen-bond acceptors (Lipinski definition) is 4. The molecule has 0 radical (unpaired) electrons. The maximum absolute atomic E-state index is 12.5. The van der Waals surface area contributed by atoms with Crippen molar-refractivity contribution in [2.45, 2.75) is 13.3 Å². The molecule has 1 saturated carbocycles. The number of halogens is 1. The van der Waals surface area contributed by atoms with Crippen LogP contribution in [0.3, 0.4) is 0 Å². The van der Waals surface area contributed by atoms with Crippen LogP contribution >= 0.6 is 12.4 Å². The number of carbonyl (C=O) groups excluding carboxylic acids is 3. The van der Waals surface area contributed by atoms with Crippen molar-refractivity contribution in [2.24, 2.45) is 17.6 Å². The second-order valence-corrected chi connectivity index (χ2v) is 6.93. The molecule has 29 heavy (non-hydrogen) atoms. The van der Waals surface area contributed by atoms with E-state index in [-0.39, 0.29) is 36.0 Å². The number of rotatable bonds is 7. The van der Waals surface area contributed by atoms with Crippen molar-refractivity contribution in [2.75, 3.05) is 23.7 Å². The first-order chi connectivity index (χ1) is 13.5. The van der Waals surface area contributed by atoms with Gasteiger partial charge in [-0.25, -0.2) is 0 Å². The molecule has 2 atom stereocenters. The fourth-order valence-electron chi connectivity index (χ4n) is 2.89. The van der Waals surface area contributed by atoms with Gasteiger partial charge >= 0.3 is 0 Å². The van der Waals surface area contributed by atoms with Crippen molar-refractivity contribution in [1.82, 2.24) is 5.32 Å². The van der Waals surface area contributed by atoms with Crippen LogP contribution in [-0.2, 0) is 4.79 Å². The monoisotopic (exact) mass is 416 g/mol. The van der Waals surface area contributed by atoms with Gasteiger partial charge in [0.15, 0.2) is 0 Å². The molecule has 0 aliphatic heterocycles. The van der Waals surface area contributed by atoms with Gasteiger partial charge in [-0.05, 0) is 48.7 Å². The van der Waals surface area contributed by atoms with Crippen LogP contribution in [0.15, 0.2) is 48.5 Å². The van der Waals surface area contributed by atoms with Crippen molar-refractivity contribution in [3.63, 3.8) is 0 Å². The SMILES string of the molecule is CC1CC1C(=O)Nc1ccc(C(=O)Nc2ccccc2C(=O)NCCN)cc1.Cl. The van der Waals surface area contributed by atoms with Gasteiger partial charge in [-0.15, -0.1) is 12.4 Å². The van der Waals surface area contributed by atoms with Gasteiger partial charge in [0.1, 0.15) is 0 Å². The van der Waals surface area contributed by atoms with Gasteiger partial charge in [-0.2, -0.15) is 0 Å². The van der Waals surface area contributed by atoms with Crippen molar-refractivity contribution in [3.05, 3.63) is 59.7 Å². The summed E-state index contributed by atoms with van der Waals surface area (Å²) in [5, 5.41) is 8.31. The largest absolute Gasteiger partial charge is 0.351 e. The summed E-state index contributed by atoms with van der Waals surface area (Å²) < 4.78 is 0. The standard InChI is InChI=1S/C21H24N4O3.ClH/c1-13-12-17(13)21(28)24-15-8-6-14(7-9-15)19(26)25-18-5-3-2-4-16(18)20(27)23-11-10-22;/h2-9,13,17H,10-12,22H2,1H3,(H,23,27)(H,24,28)(H,25,26);1H. The van der Waals surface area contributed by atoms with E-state index in [9.17, 15) is 14.4 Å². The van der Waals surface area contributed by atoms with E-state index >= 15 is 0 Å². The third-order valence-corrected chi connectivity index (χ3v) is 4.71. The van der Waals surface area contributed by atoms with Crippen molar-refractivity contribution in [3.8, 4) is 0 Å². The van der Waals surface area contributed by atoms with E-state index in [1.54, 1.807) is 48.5 Å². The molecule has 154 valence electrons. The van der Waals surface area contributed by atoms with Gasteiger partial charge in [0, 0.05) is 30.3 Å². The van der Waals surface area contributed by atoms with Gasteiger partial charge < -0.3 is 21.7 Å². The van der Waals surface area contributed by atoms with E-state index in [4.69, 9.17) is 5.73 Å². The average molecular weight is 417 g/mol. The van der Waals surface area contributed by atoms with Gasteiger partial charge in [-0.3, -0.25) is 14.4 Å². The Morgan fingerprint density at radius 1 is 1.00 bits per heavy atom. The van der Waals surface area contributed by atoms with Crippen LogP contribution in [0.5, 0.6) is 0 Å². The molecule has 0 saturated heterocycles. The molecular formula is C21H25ClN4O3. The third kappa shape index (κ3) is 5.79. The Bertz CT molecular complexity index is 886. The quantitative estimate of drug-likeness (QED) is 0.555. The Kier molecular flexibility index (Phi) is 7.75. The van der Waals surface area contributed by atoms with E-state index in [0.29, 0.717) is 41.5 Å². The number of para-hydroxylation sites is 1. The number of amides is 3. The summed E-state index contributed by atoms with van der Waals surface area (Å²) in [6, 6.07) is 13.4. The molecule has 1 fully saturated rings. The zero-order valence-electron chi connectivity index (χ0n) is 16.1. The molecule has 3 amide bonds. The molecule has 0 spiro atoms. The molecule has 0 heterocycles. The Morgan fingerprint density at radius 3 is 2.28 bits per heavy atom. The second kappa shape index (κ2) is 10.0. The molecule has 7 nitrogen and oxygen atoms in total. The topological polar surface area (TPSA) is 113 Å². The first-order valence-corrected chi connectivity index (χ1v) is 9.29. The zero-order valence-corrected chi connectivity index (χ0v) is 16.9. The lowest BCUT2D eigenvalue weighted by Gasteiger charge is -2.11. The number of nitrogens with one attached hydrogen (secondary N) is 3. The average Bonchev–Trinajstić information content (AvgIpc) is 3.44. The van der Waals surface area contributed by atoms with Crippen LogP contribution in [0.25, 0.3) is 0 Å². The van der Waals surface area contributed by atoms with Crippen LogP contribution in [0.1, 0.15) is 34.1 Å². The predicted molar refractivity (Wildman–Crippen MR) is 115 cm³/mol. The molecule has 2 aromatic carbocycles. The minimum Gasteiger partial charge on any atom is -0.351 e. The van der Waals surface area contributed by atoms with Gasteiger partial charge in [-0.1, -0.05) is 19.1 Å². The van der Waals surface area contributed by atoms with Crippen LogP contribution in [-0.4, -0.2) is 30.8 Å². The van der Waals surface area contributed by atoms with Crippen LogP contribution < -0.4 is 21.7 Å². The first-order valence-electron chi connectivity index (χ1n) is 9.29. The maximum Gasteiger partial charge on any atom is 0.255 e. The van der Waals surface area contributed by atoms with Gasteiger partial charge in [0.25, 0.3) is 11.8 Å². The molecule has 0 bridgehead atoms. The Morgan fingerprint density at radius 2 is 1.66 bits per heavy atom. The second-order valence-electron chi connectivity index (χ2n) is 6.93. The normalized spacial score (nSPS) is 16.9. The molecule has 8 heteroatoms. The summed E-state index contributed by atoms with van der Waals surface area (Å²) in [7, 11) is 0. The van der Waals surface area contributed by atoms with E-state index in [0.717, 1.165) is 6.42 Å². The minimum absolute atomic E-state index is 0. The van der Waals surface area contributed by atoms with E-state index in [2.05, 4.69) is 16.0 Å². The maximum atomic E-state index is 12.5. The summed E-state index contributed by atoms with van der Waals surface area (Å²) in [5.41, 5.74) is 7.27. The molecular weight excluding hydrogens is 392 g/mol. The third-order valence-electron chi connectivity index (χ3n) is 4.71. The number of benzene rings is 2. The molecule has 2 aromatic rings. The highest BCUT2D eigenvalue weighted by Crippen LogP contribution is 2.38. The molecule has 3 rings (SSSR count). The number of nitrogens with two attached hydrogens (primary N) is 1. The van der Waals surface area contributed by atoms with Crippen LogP contribution in [0, 0.1) is 11.8 Å². The number of anilines is 2. The molecule has 1 aliphatic carbocycles. The summed E-state index contributed by atoms with van der Waals surface area (Å²) in [6.07, 6.45) is 0.921. The highest BCUT2D eigenvalue weighted by molar-refractivity contribution is 6.09. The zero-order chi connectivity index (χ0) is 20.1. The Hall–Kier alpha value is -2.90. The number of carbonyl (C=O) groups is 3. The van der Waals surface area contributed by atoms with Gasteiger partial charge in [0.2, 0.25) is 5.91 Å². The lowest BCUT2D eigenvalue weighted by Crippen LogP contribution is -2.30. The molecule has 5 N–H and O–H groups in total. The fraction of sp³-hybridized carbons (Fsp3) is 0.286. The summed E-state index contributed by atoms with van der Waals surface area (Å²) >= 11 is 0. The highest BCUT2D eigenvalue weighted by atomic mass is 35.5. The van der Waals surface area contributed by atoms with E-state index < -0.39 is 0 Å². The lowest BCUT2D eigenvalue weighted by atomic mass is 10.1. The highest BCUT2D eigenvalue weighted by Gasteiger charge is 2.39. The Balaban J connectivity index is 0.00000300. The smallest absolute Gasteiger partial charge is 0.255 e. The Labute approximate surface area is 175 Å². The summed E-state index contributed by atoms with van der Waals surface area (Å²) in [5.74, 6) is -0.0966. The van der Waals surface area contributed by atoms with Crippen molar-refractivity contribution < 1.29 is 14.4 Å². The summed E-state index contributed by atoms with van der Waals surface area (Å²) in [4.78, 5) is 36.7. The van der Waals surface area contributed by atoms with Gasteiger partial charge in [0.05, 0.1) is 11.3 Å². The van der Waals surface area contributed by atoms with Crippen molar-refractivity contribution in [1.29, 1.82) is 0 Å². The van der Waals surface area contributed by atoms with Crippen LogP contribution in [0.4, 0.5) is 11.4 Å². The lowest BCUT2D eigenvalue weighted by molar-refractivity contribution is -0.117. The molecule has 0 aromatic heterocycles. The first kappa shape index (κ1) is 22.4. The number of hydrogen-bond donors (Lipinski definition) is 4. The van der Waals surface area contributed by atoms with E-state index in [1.807, 2.05) is 6.92 Å². The predicted octanol–water partition coefficient (Wildman–Crippen LogP) is 2.64.